The lowest BCUT2D eigenvalue weighted by Crippen LogP contribution is -2.48. The first-order chi connectivity index (χ1) is 12.1. The number of amides is 1. The van der Waals surface area contributed by atoms with Gasteiger partial charge in [-0.3, -0.25) is 4.79 Å². The first-order valence-electron chi connectivity index (χ1n) is 8.05. The number of carbonyl (C=O) groups excluding carboxylic acids is 1. The van der Waals surface area contributed by atoms with Crippen LogP contribution >= 0.6 is 0 Å². The molecule has 25 heavy (non-hydrogen) atoms. The lowest BCUT2D eigenvalue weighted by atomic mass is 9.93. The van der Waals surface area contributed by atoms with Crippen LogP contribution in [0.2, 0.25) is 0 Å². The molecule has 1 saturated heterocycles. The van der Waals surface area contributed by atoms with E-state index in [1.165, 1.54) is 11.0 Å². The molecule has 1 aromatic carbocycles. The average molecular weight is 345 g/mol. The number of nitrogens with zero attached hydrogens (tertiary/aromatic N) is 4. The summed E-state index contributed by atoms with van der Waals surface area (Å²) in [5.41, 5.74) is 1.55. The second-order valence-electron chi connectivity index (χ2n) is 5.96. The summed E-state index contributed by atoms with van der Waals surface area (Å²) >= 11 is 0. The van der Waals surface area contributed by atoms with Crippen molar-refractivity contribution in [2.45, 2.75) is 25.3 Å². The van der Waals surface area contributed by atoms with Crippen LogP contribution in [0.5, 0.6) is 0 Å². The highest BCUT2D eigenvalue weighted by Crippen LogP contribution is 2.18. The molecular formula is C16H19N5O4. The zero-order valence-electron chi connectivity index (χ0n) is 13.5. The van der Waals surface area contributed by atoms with Crippen molar-refractivity contribution in [2.24, 2.45) is 5.92 Å². The molecule has 2 unspecified atom stereocenters. The minimum Gasteiger partial charge on any atom is -0.480 e. The third-order valence-corrected chi connectivity index (χ3v) is 4.16. The highest BCUT2D eigenvalue weighted by atomic mass is 16.5. The molecule has 0 spiro atoms. The molecule has 9 heteroatoms. The summed E-state index contributed by atoms with van der Waals surface area (Å²) in [6.45, 7) is 1.00. The number of carboxylic acids is 1. The monoisotopic (exact) mass is 345 g/mol. The fourth-order valence-corrected chi connectivity index (χ4v) is 2.87. The van der Waals surface area contributed by atoms with Gasteiger partial charge in [0.05, 0.1) is 18.7 Å². The Labute approximate surface area is 144 Å². The maximum absolute atomic E-state index is 12.2. The van der Waals surface area contributed by atoms with E-state index in [4.69, 9.17) is 4.74 Å². The second kappa shape index (κ2) is 7.84. The standard InChI is InChI=1S/C16H19N5O4/c22-14(18-15(16(23)24)12-2-1-7-25-9-12)8-11-3-5-13(6-4-11)21-10-17-19-20-21/h3-6,10,12,15H,1-2,7-9H2,(H,18,22)(H,23,24). The van der Waals surface area contributed by atoms with Crippen molar-refractivity contribution in [3.8, 4) is 5.69 Å². The number of carbonyl (C=O) groups is 2. The number of tetrazole rings is 1. The van der Waals surface area contributed by atoms with Gasteiger partial charge in [0.25, 0.3) is 0 Å². The minimum atomic E-state index is -1.03. The van der Waals surface area contributed by atoms with Crippen molar-refractivity contribution in [2.75, 3.05) is 13.2 Å². The first kappa shape index (κ1) is 17.0. The number of nitrogens with one attached hydrogen (secondary N) is 1. The summed E-state index contributed by atoms with van der Waals surface area (Å²) < 4.78 is 6.84. The third-order valence-electron chi connectivity index (χ3n) is 4.16. The first-order valence-corrected chi connectivity index (χ1v) is 8.05. The van der Waals surface area contributed by atoms with Crippen LogP contribution in [0.4, 0.5) is 0 Å². The van der Waals surface area contributed by atoms with E-state index in [0.29, 0.717) is 13.2 Å². The molecule has 1 fully saturated rings. The molecule has 2 heterocycles. The molecule has 0 radical (unpaired) electrons. The van der Waals surface area contributed by atoms with Crippen LogP contribution in [0, 0.1) is 5.92 Å². The van der Waals surface area contributed by atoms with Crippen LogP contribution in [0.1, 0.15) is 18.4 Å². The van der Waals surface area contributed by atoms with Gasteiger partial charge in [-0.2, -0.15) is 0 Å². The number of carboxylic acid groups (broad SMARTS) is 1. The smallest absolute Gasteiger partial charge is 0.326 e. The highest BCUT2D eigenvalue weighted by Gasteiger charge is 2.31. The normalized spacial score (nSPS) is 18.5. The molecule has 132 valence electrons. The number of rotatable bonds is 6. The summed E-state index contributed by atoms with van der Waals surface area (Å²) in [5.74, 6) is -1.55. The highest BCUT2D eigenvalue weighted by molar-refractivity contribution is 5.85. The van der Waals surface area contributed by atoms with Crippen molar-refractivity contribution >= 4 is 11.9 Å². The number of aliphatic carboxylic acids is 1. The van der Waals surface area contributed by atoms with E-state index in [1.54, 1.807) is 24.3 Å². The van der Waals surface area contributed by atoms with Gasteiger partial charge in [-0.15, -0.1) is 5.10 Å². The van der Waals surface area contributed by atoms with Gasteiger partial charge in [-0.25, -0.2) is 9.48 Å². The Morgan fingerprint density at radius 2 is 2.16 bits per heavy atom. The number of benzene rings is 1. The van der Waals surface area contributed by atoms with E-state index < -0.39 is 12.0 Å². The molecule has 1 aromatic heterocycles. The van der Waals surface area contributed by atoms with Crippen molar-refractivity contribution < 1.29 is 19.4 Å². The molecule has 0 aliphatic carbocycles. The van der Waals surface area contributed by atoms with Gasteiger partial charge in [0.15, 0.2) is 0 Å². The lowest BCUT2D eigenvalue weighted by molar-refractivity contribution is -0.145. The van der Waals surface area contributed by atoms with Crippen LogP contribution in [0.25, 0.3) is 5.69 Å². The van der Waals surface area contributed by atoms with Crippen molar-refractivity contribution in [1.29, 1.82) is 0 Å². The predicted octanol–water partition coefficient (Wildman–Crippen LogP) is 0.201. The second-order valence-corrected chi connectivity index (χ2v) is 5.96. The number of aromatic nitrogens is 4. The molecule has 2 N–H and O–H groups in total. The van der Waals surface area contributed by atoms with Crippen LogP contribution in [-0.2, 0) is 20.7 Å². The molecule has 1 aliphatic rings. The summed E-state index contributed by atoms with van der Waals surface area (Å²) in [5, 5.41) is 22.9. The van der Waals surface area contributed by atoms with Crippen molar-refractivity contribution in [3.05, 3.63) is 36.2 Å². The van der Waals surface area contributed by atoms with Gasteiger partial charge in [0.2, 0.25) is 5.91 Å². The van der Waals surface area contributed by atoms with Crippen LogP contribution < -0.4 is 5.32 Å². The number of ether oxygens (including phenoxy) is 1. The fraction of sp³-hybridized carbons (Fsp3) is 0.438. The minimum absolute atomic E-state index is 0.104. The van der Waals surface area contributed by atoms with E-state index in [2.05, 4.69) is 20.8 Å². The maximum atomic E-state index is 12.2. The van der Waals surface area contributed by atoms with E-state index in [0.717, 1.165) is 24.1 Å². The molecule has 1 aliphatic heterocycles. The lowest BCUT2D eigenvalue weighted by Gasteiger charge is -2.28. The number of hydrogen-bond acceptors (Lipinski definition) is 6. The van der Waals surface area contributed by atoms with Crippen LogP contribution in [0.15, 0.2) is 30.6 Å². The Kier molecular flexibility index (Phi) is 5.34. The Hall–Kier alpha value is -2.81. The summed E-state index contributed by atoms with van der Waals surface area (Å²) in [6, 6.07) is 6.24. The zero-order valence-corrected chi connectivity index (χ0v) is 13.5. The largest absolute Gasteiger partial charge is 0.480 e. The molecular weight excluding hydrogens is 326 g/mol. The molecule has 2 aromatic rings. The molecule has 3 rings (SSSR count). The zero-order chi connectivity index (χ0) is 17.6. The van der Waals surface area contributed by atoms with Crippen molar-refractivity contribution in [1.82, 2.24) is 25.5 Å². The topological polar surface area (TPSA) is 119 Å². The Bertz CT molecular complexity index is 711. The SMILES string of the molecule is O=C(Cc1ccc(-n2cnnn2)cc1)NC(C(=O)O)C1CCCOC1. The average Bonchev–Trinajstić information content (AvgIpc) is 3.15. The fourth-order valence-electron chi connectivity index (χ4n) is 2.87. The summed E-state index contributed by atoms with van der Waals surface area (Å²) in [4.78, 5) is 23.7. The molecule has 1 amide bonds. The van der Waals surface area contributed by atoms with Crippen LogP contribution in [-0.4, -0.2) is 56.4 Å². The summed E-state index contributed by atoms with van der Waals surface area (Å²) in [7, 11) is 0. The van der Waals surface area contributed by atoms with E-state index in [9.17, 15) is 14.7 Å². The van der Waals surface area contributed by atoms with E-state index in [-0.39, 0.29) is 18.2 Å². The van der Waals surface area contributed by atoms with Gasteiger partial charge in [-0.1, -0.05) is 12.1 Å². The van der Waals surface area contributed by atoms with Gasteiger partial charge >= 0.3 is 5.97 Å². The van der Waals surface area contributed by atoms with E-state index >= 15 is 0 Å². The van der Waals surface area contributed by atoms with Gasteiger partial charge in [0.1, 0.15) is 12.4 Å². The number of hydrogen-bond donors (Lipinski definition) is 2. The Morgan fingerprint density at radius 3 is 2.76 bits per heavy atom. The Morgan fingerprint density at radius 1 is 1.36 bits per heavy atom. The summed E-state index contributed by atoms with van der Waals surface area (Å²) in [6.07, 6.45) is 3.12. The Balaban J connectivity index is 1.60. The predicted molar refractivity (Wildman–Crippen MR) is 86.0 cm³/mol. The van der Waals surface area contributed by atoms with Gasteiger partial charge in [0, 0.05) is 12.5 Å². The quantitative estimate of drug-likeness (QED) is 0.767. The van der Waals surface area contributed by atoms with Crippen LogP contribution in [0.3, 0.4) is 0 Å². The van der Waals surface area contributed by atoms with Gasteiger partial charge in [-0.05, 0) is 41.0 Å². The van der Waals surface area contributed by atoms with Gasteiger partial charge < -0.3 is 15.2 Å². The maximum Gasteiger partial charge on any atom is 0.326 e. The third kappa shape index (κ3) is 4.38. The molecule has 9 nitrogen and oxygen atoms in total. The van der Waals surface area contributed by atoms with E-state index in [1.807, 2.05) is 0 Å². The molecule has 2 atom stereocenters. The van der Waals surface area contributed by atoms with Crippen molar-refractivity contribution in [3.63, 3.8) is 0 Å². The molecule has 0 saturated carbocycles. The molecule has 0 bridgehead atoms.